The predicted octanol–water partition coefficient (Wildman–Crippen LogP) is 3.88. The Labute approximate surface area is 144 Å². The van der Waals surface area contributed by atoms with Gasteiger partial charge in [-0.25, -0.2) is 0 Å². The zero-order valence-corrected chi connectivity index (χ0v) is 15.3. The molecular formula is C17H29ClN2OS. The molecule has 0 spiro atoms. The van der Waals surface area contributed by atoms with Crippen LogP contribution in [-0.2, 0) is 10.2 Å². The maximum Gasteiger partial charge on any atom is 0.230 e. The minimum atomic E-state index is -0.434. The minimum Gasteiger partial charge on any atom is -0.354 e. The van der Waals surface area contributed by atoms with Gasteiger partial charge in [-0.15, -0.1) is 23.7 Å². The lowest BCUT2D eigenvalue weighted by Gasteiger charge is -2.23. The molecule has 1 heterocycles. The molecule has 0 unspecified atom stereocenters. The van der Waals surface area contributed by atoms with Gasteiger partial charge >= 0.3 is 0 Å². The molecule has 3 nitrogen and oxygen atoms in total. The maximum absolute atomic E-state index is 12.3. The topological polar surface area (TPSA) is 41.1 Å². The highest BCUT2D eigenvalue weighted by Gasteiger charge is 2.30. The molecule has 0 aromatic carbocycles. The molecule has 1 fully saturated rings. The Hall–Kier alpha value is -0.580. The summed E-state index contributed by atoms with van der Waals surface area (Å²) in [6.07, 6.45) is 8.02. The second kappa shape index (κ2) is 9.53. The molecule has 0 radical (unpaired) electrons. The second-order valence-corrected chi connectivity index (χ2v) is 7.45. The molecule has 1 aromatic rings. The maximum atomic E-state index is 12.3. The number of thiophene rings is 1. The van der Waals surface area contributed by atoms with Crippen LogP contribution < -0.4 is 10.6 Å². The van der Waals surface area contributed by atoms with E-state index in [2.05, 4.69) is 10.6 Å². The van der Waals surface area contributed by atoms with E-state index in [1.807, 2.05) is 31.4 Å². The summed E-state index contributed by atoms with van der Waals surface area (Å²) in [5.74, 6) is 0.118. The Bertz CT molecular complexity index is 426. The second-order valence-electron chi connectivity index (χ2n) is 6.50. The lowest BCUT2D eigenvalue weighted by atomic mass is 9.90. The van der Waals surface area contributed by atoms with Gasteiger partial charge in [0.15, 0.2) is 0 Å². The van der Waals surface area contributed by atoms with E-state index in [9.17, 15) is 4.79 Å². The van der Waals surface area contributed by atoms with Crippen molar-refractivity contribution in [2.75, 3.05) is 13.1 Å². The van der Waals surface area contributed by atoms with Crippen LogP contribution in [0.4, 0.5) is 0 Å². The van der Waals surface area contributed by atoms with Crippen molar-refractivity contribution in [1.82, 2.24) is 10.6 Å². The molecule has 2 N–H and O–H groups in total. The van der Waals surface area contributed by atoms with Crippen LogP contribution in [0.15, 0.2) is 17.5 Å². The van der Waals surface area contributed by atoms with Gasteiger partial charge in [-0.3, -0.25) is 4.79 Å². The fraction of sp³-hybridized carbons (Fsp3) is 0.706. The fourth-order valence-electron chi connectivity index (χ4n) is 2.90. The quantitative estimate of drug-likeness (QED) is 0.607. The summed E-state index contributed by atoms with van der Waals surface area (Å²) in [5.41, 5.74) is -0.434. The van der Waals surface area contributed by atoms with Crippen LogP contribution in [0.25, 0.3) is 0 Å². The summed E-state index contributed by atoms with van der Waals surface area (Å²) in [6.45, 7) is 5.57. The van der Waals surface area contributed by atoms with Gasteiger partial charge in [0.1, 0.15) is 0 Å². The number of carbonyl (C=O) groups excluding carboxylic acids is 1. The first-order valence-electron chi connectivity index (χ1n) is 8.16. The van der Waals surface area contributed by atoms with E-state index in [-0.39, 0.29) is 18.3 Å². The van der Waals surface area contributed by atoms with Gasteiger partial charge in [-0.2, -0.15) is 0 Å². The van der Waals surface area contributed by atoms with Crippen molar-refractivity contribution in [2.45, 2.75) is 63.8 Å². The van der Waals surface area contributed by atoms with Gasteiger partial charge in [-0.05, 0) is 38.1 Å². The van der Waals surface area contributed by atoms with Gasteiger partial charge in [0, 0.05) is 24.0 Å². The Kier molecular flexibility index (Phi) is 8.44. The molecule has 0 bridgehead atoms. The van der Waals surface area contributed by atoms with E-state index in [1.165, 1.54) is 38.5 Å². The lowest BCUT2D eigenvalue weighted by molar-refractivity contribution is -0.125. The standard InChI is InChI=1S/C17H28N2OS.ClH/c1-17(2,15-10-7-13-21-15)16(20)19-12-11-18-14-8-5-3-4-6-9-14;/h7,10,13-14,18H,3-6,8-9,11-12H2,1-2H3,(H,19,20);1H. The van der Waals surface area contributed by atoms with E-state index >= 15 is 0 Å². The van der Waals surface area contributed by atoms with Gasteiger partial charge in [-0.1, -0.05) is 31.7 Å². The summed E-state index contributed by atoms with van der Waals surface area (Å²) in [6, 6.07) is 4.69. The van der Waals surface area contributed by atoms with E-state index in [0.29, 0.717) is 12.6 Å². The number of nitrogens with one attached hydrogen (secondary N) is 2. The number of amides is 1. The minimum absolute atomic E-state index is 0. The monoisotopic (exact) mass is 344 g/mol. The van der Waals surface area contributed by atoms with Crippen molar-refractivity contribution in [3.8, 4) is 0 Å². The van der Waals surface area contributed by atoms with Gasteiger partial charge < -0.3 is 10.6 Å². The van der Waals surface area contributed by atoms with Crippen molar-refractivity contribution >= 4 is 29.7 Å². The highest BCUT2D eigenvalue weighted by molar-refractivity contribution is 7.10. The number of carbonyl (C=O) groups is 1. The average Bonchev–Trinajstić information content (AvgIpc) is 2.89. The first-order chi connectivity index (χ1) is 10.1. The van der Waals surface area contributed by atoms with Crippen molar-refractivity contribution in [2.24, 2.45) is 0 Å². The lowest BCUT2D eigenvalue weighted by Crippen LogP contribution is -2.43. The zero-order chi connectivity index (χ0) is 15.1. The van der Waals surface area contributed by atoms with Crippen molar-refractivity contribution in [1.29, 1.82) is 0 Å². The zero-order valence-electron chi connectivity index (χ0n) is 13.7. The van der Waals surface area contributed by atoms with Crippen LogP contribution in [0.2, 0.25) is 0 Å². The third kappa shape index (κ3) is 5.56. The molecule has 22 heavy (non-hydrogen) atoms. The largest absolute Gasteiger partial charge is 0.354 e. The van der Waals surface area contributed by atoms with Gasteiger partial charge in [0.2, 0.25) is 5.91 Å². The summed E-state index contributed by atoms with van der Waals surface area (Å²) < 4.78 is 0. The SMILES string of the molecule is CC(C)(C(=O)NCCNC1CCCCCC1)c1cccs1.Cl. The number of hydrogen-bond acceptors (Lipinski definition) is 3. The summed E-state index contributed by atoms with van der Waals surface area (Å²) in [7, 11) is 0. The van der Waals surface area contributed by atoms with Crippen molar-refractivity contribution < 1.29 is 4.79 Å². The molecule has 1 aromatic heterocycles. The molecule has 1 saturated carbocycles. The molecule has 1 aliphatic carbocycles. The third-order valence-corrected chi connectivity index (χ3v) is 5.60. The Balaban J connectivity index is 0.00000242. The van der Waals surface area contributed by atoms with Crippen LogP contribution in [0.1, 0.15) is 57.2 Å². The molecule has 0 saturated heterocycles. The molecule has 0 atom stereocenters. The van der Waals surface area contributed by atoms with Crippen molar-refractivity contribution in [3.63, 3.8) is 0 Å². The van der Waals surface area contributed by atoms with E-state index < -0.39 is 5.41 Å². The molecule has 2 rings (SSSR count). The number of rotatable bonds is 6. The van der Waals surface area contributed by atoms with Crippen LogP contribution in [0.5, 0.6) is 0 Å². The number of halogens is 1. The summed E-state index contributed by atoms with van der Waals surface area (Å²) in [4.78, 5) is 13.5. The van der Waals surface area contributed by atoms with Crippen LogP contribution >= 0.6 is 23.7 Å². The van der Waals surface area contributed by atoms with Crippen LogP contribution in [0, 0.1) is 0 Å². The molecule has 1 aliphatic rings. The van der Waals surface area contributed by atoms with E-state index in [4.69, 9.17) is 0 Å². The first kappa shape index (κ1) is 19.5. The Morgan fingerprint density at radius 3 is 2.50 bits per heavy atom. The molecule has 1 amide bonds. The molecule has 5 heteroatoms. The van der Waals surface area contributed by atoms with Gasteiger partial charge in [0.05, 0.1) is 5.41 Å². The van der Waals surface area contributed by atoms with E-state index in [0.717, 1.165) is 11.4 Å². The Morgan fingerprint density at radius 1 is 1.23 bits per heavy atom. The highest BCUT2D eigenvalue weighted by Crippen LogP contribution is 2.27. The van der Waals surface area contributed by atoms with Crippen LogP contribution in [-0.4, -0.2) is 25.0 Å². The smallest absolute Gasteiger partial charge is 0.230 e. The molecular weight excluding hydrogens is 316 g/mol. The first-order valence-corrected chi connectivity index (χ1v) is 9.04. The average molecular weight is 345 g/mol. The summed E-state index contributed by atoms with van der Waals surface area (Å²) in [5, 5.41) is 8.69. The number of hydrogen-bond donors (Lipinski definition) is 2. The normalized spacial score (nSPS) is 16.6. The van der Waals surface area contributed by atoms with E-state index in [1.54, 1.807) is 11.3 Å². The summed E-state index contributed by atoms with van der Waals surface area (Å²) >= 11 is 1.65. The molecule has 126 valence electrons. The van der Waals surface area contributed by atoms with Gasteiger partial charge in [0.25, 0.3) is 0 Å². The Morgan fingerprint density at radius 2 is 1.91 bits per heavy atom. The molecule has 0 aliphatic heterocycles. The van der Waals surface area contributed by atoms with Crippen LogP contribution in [0.3, 0.4) is 0 Å². The fourth-order valence-corrected chi connectivity index (χ4v) is 3.75. The highest BCUT2D eigenvalue weighted by atomic mass is 35.5. The third-order valence-electron chi connectivity index (χ3n) is 4.40. The van der Waals surface area contributed by atoms with Crippen molar-refractivity contribution in [3.05, 3.63) is 22.4 Å². The predicted molar refractivity (Wildman–Crippen MR) is 97.1 cm³/mol.